The number of esters is 1. The van der Waals surface area contributed by atoms with E-state index in [2.05, 4.69) is 10.3 Å². The van der Waals surface area contributed by atoms with Crippen molar-refractivity contribution in [3.8, 4) is 5.69 Å². The lowest BCUT2D eigenvalue weighted by atomic mass is 10.3. The number of nitrogen functional groups attached to an aromatic ring is 1. The average Bonchev–Trinajstić information content (AvgIpc) is 2.80. The molecule has 1 heterocycles. The third-order valence-corrected chi connectivity index (χ3v) is 2.53. The number of hydrogen-bond donors (Lipinski definition) is 1. The monoisotopic (exact) mass is 291 g/mol. The van der Waals surface area contributed by atoms with Crippen molar-refractivity contribution in [3.05, 3.63) is 40.1 Å². The van der Waals surface area contributed by atoms with Crippen LogP contribution in [0.25, 0.3) is 5.69 Å². The normalized spacial score (nSPS) is 10.6. The van der Waals surface area contributed by atoms with Crippen molar-refractivity contribution in [2.24, 2.45) is 0 Å². The second-order valence-electron chi connectivity index (χ2n) is 4.47. The van der Waals surface area contributed by atoms with E-state index in [9.17, 15) is 14.9 Å². The van der Waals surface area contributed by atoms with Gasteiger partial charge >= 0.3 is 5.97 Å². The van der Waals surface area contributed by atoms with E-state index in [1.165, 1.54) is 18.2 Å². The molecule has 0 aliphatic heterocycles. The third-order valence-electron chi connectivity index (χ3n) is 2.53. The number of ether oxygens (including phenoxy) is 1. The summed E-state index contributed by atoms with van der Waals surface area (Å²) in [6, 6.07) is 5.67. The fourth-order valence-electron chi connectivity index (χ4n) is 1.63. The Morgan fingerprint density at radius 3 is 2.81 bits per heavy atom. The molecule has 0 atom stereocenters. The predicted molar refractivity (Wildman–Crippen MR) is 73.0 cm³/mol. The lowest BCUT2D eigenvalue weighted by Gasteiger charge is -2.06. The van der Waals surface area contributed by atoms with Gasteiger partial charge < -0.3 is 10.5 Å². The van der Waals surface area contributed by atoms with Crippen molar-refractivity contribution in [1.29, 1.82) is 0 Å². The van der Waals surface area contributed by atoms with E-state index in [1.807, 2.05) is 0 Å². The number of hydrogen-bond acceptors (Lipinski definition) is 7. The summed E-state index contributed by atoms with van der Waals surface area (Å²) in [6.07, 6.45) is -0.320. The molecule has 2 N–H and O–H groups in total. The van der Waals surface area contributed by atoms with Gasteiger partial charge in [0.15, 0.2) is 5.82 Å². The standard InChI is InChI=1S/C12H13N5O4/c1-7(2)21-12(18)10-11(13)16(15-14-10)8-4-3-5-9(6-8)17(19)20/h3-7H,13H2,1-2H3. The quantitative estimate of drug-likeness (QED) is 0.511. The summed E-state index contributed by atoms with van der Waals surface area (Å²) in [5.41, 5.74) is 5.89. The highest BCUT2D eigenvalue weighted by atomic mass is 16.6. The zero-order valence-electron chi connectivity index (χ0n) is 11.4. The van der Waals surface area contributed by atoms with Gasteiger partial charge in [0.1, 0.15) is 0 Å². The highest BCUT2D eigenvalue weighted by molar-refractivity contribution is 5.92. The van der Waals surface area contributed by atoms with E-state index >= 15 is 0 Å². The van der Waals surface area contributed by atoms with Crippen molar-refractivity contribution in [1.82, 2.24) is 15.0 Å². The Labute approximate surface area is 119 Å². The molecular formula is C12H13N5O4. The summed E-state index contributed by atoms with van der Waals surface area (Å²) in [5.74, 6) is -0.736. The minimum absolute atomic E-state index is 0.0406. The molecule has 2 aromatic rings. The molecule has 0 saturated heterocycles. The van der Waals surface area contributed by atoms with Gasteiger partial charge in [-0.25, -0.2) is 4.79 Å². The molecule has 0 radical (unpaired) electrons. The van der Waals surface area contributed by atoms with Crippen LogP contribution in [0.5, 0.6) is 0 Å². The molecule has 0 amide bonds. The van der Waals surface area contributed by atoms with E-state index in [0.717, 1.165) is 4.68 Å². The maximum absolute atomic E-state index is 11.8. The van der Waals surface area contributed by atoms with Gasteiger partial charge in [-0.2, -0.15) is 4.68 Å². The molecule has 21 heavy (non-hydrogen) atoms. The molecule has 0 unspecified atom stereocenters. The third kappa shape index (κ3) is 2.96. The average molecular weight is 291 g/mol. The van der Waals surface area contributed by atoms with Gasteiger partial charge in [0.2, 0.25) is 5.69 Å². The maximum atomic E-state index is 11.8. The van der Waals surface area contributed by atoms with Crippen LogP contribution in [-0.2, 0) is 4.74 Å². The van der Waals surface area contributed by atoms with E-state index < -0.39 is 10.9 Å². The fraction of sp³-hybridized carbons (Fsp3) is 0.250. The largest absolute Gasteiger partial charge is 0.458 e. The summed E-state index contributed by atoms with van der Waals surface area (Å²) in [5, 5.41) is 18.2. The van der Waals surface area contributed by atoms with Crippen molar-refractivity contribution >= 4 is 17.5 Å². The number of non-ortho nitro benzene ring substituents is 1. The Morgan fingerprint density at radius 2 is 2.19 bits per heavy atom. The van der Waals surface area contributed by atoms with Gasteiger partial charge in [-0.3, -0.25) is 10.1 Å². The summed E-state index contributed by atoms with van der Waals surface area (Å²) >= 11 is 0. The minimum atomic E-state index is -0.695. The summed E-state index contributed by atoms with van der Waals surface area (Å²) < 4.78 is 6.13. The molecule has 0 aliphatic rings. The van der Waals surface area contributed by atoms with Gasteiger partial charge in [0, 0.05) is 12.1 Å². The molecule has 0 aliphatic carbocycles. The molecule has 0 bridgehead atoms. The van der Waals surface area contributed by atoms with Crippen LogP contribution in [-0.4, -0.2) is 32.0 Å². The molecule has 0 fully saturated rings. The van der Waals surface area contributed by atoms with E-state index in [-0.39, 0.29) is 23.3 Å². The summed E-state index contributed by atoms with van der Waals surface area (Å²) in [7, 11) is 0. The number of nitro benzene ring substituents is 1. The van der Waals surface area contributed by atoms with Crippen molar-refractivity contribution < 1.29 is 14.5 Å². The Hall–Kier alpha value is -2.97. The van der Waals surface area contributed by atoms with Gasteiger partial charge in [-0.15, -0.1) is 5.10 Å². The number of aromatic nitrogens is 3. The Balaban J connectivity index is 2.38. The molecule has 1 aromatic heterocycles. The van der Waals surface area contributed by atoms with Crippen molar-refractivity contribution in [2.45, 2.75) is 20.0 Å². The number of anilines is 1. The topological polar surface area (TPSA) is 126 Å². The zero-order valence-corrected chi connectivity index (χ0v) is 11.4. The Bertz CT molecular complexity index is 695. The van der Waals surface area contributed by atoms with Crippen LogP contribution >= 0.6 is 0 Å². The number of carbonyl (C=O) groups excluding carboxylic acids is 1. The number of rotatable bonds is 4. The van der Waals surface area contributed by atoms with Crippen LogP contribution in [0.1, 0.15) is 24.3 Å². The van der Waals surface area contributed by atoms with Crippen molar-refractivity contribution in [3.63, 3.8) is 0 Å². The molecule has 0 spiro atoms. The van der Waals surface area contributed by atoms with Gasteiger partial charge in [-0.05, 0) is 19.9 Å². The first-order valence-electron chi connectivity index (χ1n) is 6.07. The van der Waals surface area contributed by atoms with Crippen LogP contribution in [0.4, 0.5) is 11.5 Å². The zero-order chi connectivity index (χ0) is 15.6. The molecule has 110 valence electrons. The number of benzene rings is 1. The van der Waals surface area contributed by atoms with Crippen LogP contribution in [0, 0.1) is 10.1 Å². The molecule has 1 aromatic carbocycles. The number of nitro groups is 1. The van der Waals surface area contributed by atoms with E-state index in [0.29, 0.717) is 5.69 Å². The second kappa shape index (κ2) is 5.57. The first-order chi connectivity index (χ1) is 9.90. The second-order valence-corrected chi connectivity index (χ2v) is 4.47. The Kier molecular flexibility index (Phi) is 3.83. The van der Waals surface area contributed by atoms with Gasteiger partial charge in [0.25, 0.3) is 5.69 Å². The fourth-order valence-corrected chi connectivity index (χ4v) is 1.63. The SMILES string of the molecule is CC(C)OC(=O)c1nnn(-c2cccc([N+](=O)[O-])c2)c1N. The molecule has 9 nitrogen and oxygen atoms in total. The van der Waals surface area contributed by atoms with E-state index in [4.69, 9.17) is 10.5 Å². The van der Waals surface area contributed by atoms with E-state index in [1.54, 1.807) is 19.9 Å². The number of nitrogens with zero attached hydrogens (tertiary/aromatic N) is 4. The smallest absolute Gasteiger partial charge is 0.363 e. The van der Waals surface area contributed by atoms with Crippen LogP contribution < -0.4 is 5.73 Å². The van der Waals surface area contributed by atoms with Crippen LogP contribution in [0.15, 0.2) is 24.3 Å². The first kappa shape index (κ1) is 14.4. The molecule has 9 heteroatoms. The lowest BCUT2D eigenvalue weighted by molar-refractivity contribution is -0.384. The van der Waals surface area contributed by atoms with Crippen molar-refractivity contribution in [2.75, 3.05) is 5.73 Å². The highest BCUT2D eigenvalue weighted by Crippen LogP contribution is 2.20. The molecule has 2 rings (SSSR count). The first-order valence-corrected chi connectivity index (χ1v) is 6.07. The number of nitrogens with two attached hydrogens (primary N) is 1. The Morgan fingerprint density at radius 1 is 1.48 bits per heavy atom. The highest BCUT2D eigenvalue weighted by Gasteiger charge is 2.21. The molecule has 0 saturated carbocycles. The van der Waals surface area contributed by atoms with Gasteiger partial charge in [-0.1, -0.05) is 11.3 Å². The van der Waals surface area contributed by atoms with Gasteiger partial charge in [0.05, 0.1) is 16.7 Å². The van der Waals surface area contributed by atoms with Crippen LogP contribution in [0.2, 0.25) is 0 Å². The minimum Gasteiger partial charge on any atom is -0.458 e. The number of carbonyl (C=O) groups is 1. The lowest BCUT2D eigenvalue weighted by Crippen LogP contribution is -2.14. The predicted octanol–water partition coefficient (Wildman–Crippen LogP) is 1.32. The van der Waals surface area contributed by atoms with Crippen LogP contribution in [0.3, 0.4) is 0 Å². The summed E-state index contributed by atoms with van der Waals surface area (Å²) in [6.45, 7) is 3.39. The molecular weight excluding hydrogens is 278 g/mol. The maximum Gasteiger partial charge on any atom is 0.363 e. The summed E-state index contributed by atoms with van der Waals surface area (Å²) in [4.78, 5) is 22.0.